The third kappa shape index (κ3) is 4.85. The zero-order valence-electron chi connectivity index (χ0n) is 13.1. The predicted molar refractivity (Wildman–Crippen MR) is 85.1 cm³/mol. The Labute approximate surface area is 122 Å². The fraction of sp³-hybridized carbons (Fsp3) is 0.562. The second kappa shape index (κ2) is 8.59. The van der Waals surface area contributed by atoms with Gasteiger partial charge in [0.15, 0.2) is 0 Å². The van der Waals surface area contributed by atoms with E-state index in [4.69, 9.17) is 0 Å². The van der Waals surface area contributed by atoms with Crippen LogP contribution in [0.3, 0.4) is 0 Å². The average molecular weight is 277 g/mol. The van der Waals surface area contributed by atoms with Crippen LogP contribution >= 0.6 is 0 Å². The van der Waals surface area contributed by atoms with Gasteiger partial charge in [0.2, 0.25) is 0 Å². The Bertz CT molecular complexity index is 420. The molecule has 4 nitrogen and oxygen atoms in total. The van der Waals surface area contributed by atoms with Crippen molar-refractivity contribution in [3.8, 4) is 0 Å². The van der Waals surface area contributed by atoms with Crippen LogP contribution in [0.25, 0.3) is 0 Å². The molecular formula is C16H27N3O. The molecule has 20 heavy (non-hydrogen) atoms. The van der Waals surface area contributed by atoms with Gasteiger partial charge in [0.1, 0.15) is 0 Å². The van der Waals surface area contributed by atoms with Crippen LogP contribution in [-0.4, -0.2) is 30.6 Å². The van der Waals surface area contributed by atoms with Crippen molar-refractivity contribution in [3.63, 3.8) is 0 Å². The van der Waals surface area contributed by atoms with Crippen molar-refractivity contribution in [2.75, 3.05) is 25.0 Å². The molecule has 0 heterocycles. The van der Waals surface area contributed by atoms with Crippen molar-refractivity contribution in [1.29, 1.82) is 0 Å². The van der Waals surface area contributed by atoms with Crippen LogP contribution < -0.4 is 10.6 Å². The molecule has 2 N–H and O–H groups in total. The van der Waals surface area contributed by atoms with Crippen LogP contribution in [0, 0.1) is 0 Å². The maximum Gasteiger partial charge on any atom is 0.321 e. The molecule has 112 valence electrons. The van der Waals surface area contributed by atoms with Crippen LogP contribution in [0.5, 0.6) is 0 Å². The highest BCUT2D eigenvalue weighted by Crippen LogP contribution is 2.17. The van der Waals surface area contributed by atoms with Crippen molar-refractivity contribution in [2.24, 2.45) is 0 Å². The van der Waals surface area contributed by atoms with Gasteiger partial charge in [0, 0.05) is 24.8 Å². The van der Waals surface area contributed by atoms with Crippen molar-refractivity contribution in [3.05, 3.63) is 29.8 Å². The summed E-state index contributed by atoms with van der Waals surface area (Å²) in [5.74, 6) is 0. The summed E-state index contributed by atoms with van der Waals surface area (Å²) in [6.07, 6.45) is 0.971. The minimum absolute atomic E-state index is 0.0254. The zero-order valence-corrected chi connectivity index (χ0v) is 13.1. The molecule has 0 fully saturated rings. The van der Waals surface area contributed by atoms with Crippen molar-refractivity contribution in [1.82, 2.24) is 10.2 Å². The van der Waals surface area contributed by atoms with Gasteiger partial charge in [0.25, 0.3) is 0 Å². The molecule has 0 aliphatic rings. The van der Waals surface area contributed by atoms with E-state index in [2.05, 4.69) is 37.5 Å². The normalized spacial score (nSPS) is 12.0. The molecule has 0 bridgehead atoms. The molecule has 1 aromatic carbocycles. The standard InChI is InChI=1S/C16H27N3O/c1-5-11-19(7-3)16(20)18-15-10-8-9-14(12-15)13(4)17-6-2/h8-10,12-13,17H,5-7,11H2,1-4H3,(H,18,20). The lowest BCUT2D eigenvalue weighted by molar-refractivity contribution is 0.214. The van der Waals surface area contributed by atoms with E-state index in [-0.39, 0.29) is 12.1 Å². The number of carbonyl (C=O) groups excluding carboxylic acids is 1. The minimum Gasteiger partial charge on any atom is -0.325 e. The first kappa shape index (κ1) is 16.5. The third-order valence-corrected chi connectivity index (χ3v) is 3.31. The largest absolute Gasteiger partial charge is 0.325 e. The second-order valence-corrected chi connectivity index (χ2v) is 4.91. The molecule has 4 heteroatoms. The monoisotopic (exact) mass is 277 g/mol. The molecule has 0 saturated heterocycles. The third-order valence-electron chi connectivity index (χ3n) is 3.31. The van der Waals surface area contributed by atoms with E-state index in [1.807, 2.05) is 30.0 Å². The summed E-state index contributed by atoms with van der Waals surface area (Å²) < 4.78 is 0. The van der Waals surface area contributed by atoms with Crippen LogP contribution in [0.15, 0.2) is 24.3 Å². The fourth-order valence-electron chi connectivity index (χ4n) is 2.19. The molecule has 0 aliphatic carbocycles. The highest BCUT2D eigenvalue weighted by molar-refractivity contribution is 5.89. The molecule has 2 amide bonds. The van der Waals surface area contributed by atoms with E-state index in [0.717, 1.165) is 31.7 Å². The predicted octanol–water partition coefficient (Wildman–Crippen LogP) is 3.62. The molecular weight excluding hydrogens is 250 g/mol. The smallest absolute Gasteiger partial charge is 0.321 e. The van der Waals surface area contributed by atoms with Gasteiger partial charge in [-0.3, -0.25) is 0 Å². The van der Waals surface area contributed by atoms with E-state index in [1.54, 1.807) is 0 Å². The number of rotatable bonds is 7. The highest BCUT2D eigenvalue weighted by Gasteiger charge is 2.11. The number of nitrogens with zero attached hydrogens (tertiary/aromatic N) is 1. The Morgan fingerprint density at radius 3 is 2.65 bits per heavy atom. The number of amides is 2. The summed E-state index contributed by atoms with van der Waals surface area (Å²) >= 11 is 0. The molecule has 0 aliphatic heterocycles. The highest BCUT2D eigenvalue weighted by atomic mass is 16.2. The van der Waals surface area contributed by atoms with Gasteiger partial charge in [-0.15, -0.1) is 0 Å². The van der Waals surface area contributed by atoms with Gasteiger partial charge in [-0.05, 0) is 44.5 Å². The number of hydrogen-bond donors (Lipinski definition) is 2. The van der Waals surface area contributed by atoms with Crippen LogP contribution in [0.1, 0.15) is 45.7 Å². The lowest BCUT2D eigenvalue weighted by Gasteiger charge is -2.21. The summed E-state index contributed by atoms with van der Waals surface area (Å²) in [5, 5.41) is 6.35. The summed E-state index contributed by atoms with van der Waals surface area (Å²) in [7, 11) is 0. The summed E-state index contributed by atoms with van der Waals surface area (Å²) in [6.45, 7) is 10.7. The lowest BCUT2D eigenvalue weighted by Crippen LogP contribution is -2.35. The van der Waals surface area contributed by atoms with Gasteiger partial charge in [-0.1, -0.05) is 26.0 Å². The molecule has 1 unspecified atom stereocenters. The maximum atomic E-state index is 12.1. The first-order chi connectivity index (χ1) is 9.62. The maximum absolute atomic E-state index is 12.1. The number of urea groups is 1. The van der Waals surface area contributed by atoms with Crippen LogP contribution in [-0.2, 0) is 0 Å². The van der Waals surface area contributed by atoms with Crippen molar-refractivity contribution in [2.45, 2.75) is 40.2 Å². The Hall–Kier alpha value is -1.55. The molecule has 1 atom stereocenters. The van der Waals surface area contributed by atoms with Crippen LogP contribution in [0.4, 0.5) is 10.5 Å². The van der Waals surface area contributed by atoms with E-state index in [9.17, 15) is 4.79 Å². The topological polar surface area (TPSA) is 44.4 Å². The van der Waals surface area contributed by atoms with Gasteiger partial charge in [0.05, 0.1) is 0 Å². The summed E-state index contributed by atoms with van der Waals surface area (Å²) in [4.78, 5) is 14.0. The second-order valence-electron chi connectivity index (χ2n) is 4.91. The Morgan fingerprint density at radius 2 is 2.05 bits per heavy atom. The fourth-order valence-corrected chi connectivity index (χ4v) is 2.19. The Balaban J connectivity index is 2.72. The Morgan fingerprint density at radius 1 is 1.30 bits per heavy atom. The van der Waals surface area contributed by atoms with E-state index < -0.39 is 0 Å². The van der Waals surface area contributed by atoms with E-state index in [1.165, 1.54) is 5.56 Å². The molecule has 0 saturated carbocycles. The first-order valence-corrected chi connectivity index (χ1v) is 7.51. The quantitative estimate of drug-likeness (QED) is 0.799. The van der Waals surface area contributed by atoms with Crippen LogP contribution in [0.2, 0.25) is 0 Å². The number of hydrogen-bond acceptors (Lipinski definition) is 2. The van der Waals surface area contributed by atoms with Gasteiger partial charge in [-0.2, -0.15) is 0 Å². The molecule has 1 aromatic rings. The summed E-state index contributed by atoms with van der Waals surface area (Å²) in [5.41, 5.74) is 2.04. The molecule has 0 radical (unpaired) electrons. The lowest BCUT2D eigenvalue weighted by atomic mass is 10.1. The molecule has 0 aromatic heterocycles. The summed E-state index contributed by atoms with van der Waals surface area (Å²) in [6, 6.07) is 8.28. The minimum atomic E-state index is -0.0254. The number of anilines is 1. The van der Waals surface area contributed by atoms with Gasteiger partial charge in [-0.25, -0.2) is 4.79 Å². The first-order valence-electron chi connectivity index (χ1n) is 7.51. The number of nitrogens with one attached hydrogen (secondary N) is 2. The van der Waals surface area contributed by atoms with Gasteiger partial charge >= 0.3 is 6.03 Å². The SMILES string of the molecule is CCCN(CC)C(=O)Nc1cccc(C(C)NCC)c1. The van der Waals surface area contributed by atoms with Crippen molar-refractivity contribution >= 4 is 11.7 Å². The zero-order chi connectivity index (χ0) is 15.0. The molecule has 1 rings (SSSR count). The van der Waals surface area contributed by atoms with Crippen molar-refractivity contribution < 1.29 is 4.79 Å². The van der Waals surface area contributed by atoms with E-state index in [0.29, 0.717) is 0 Å². The number of benzene rings is 1. The van der Waals surface area contributed by atoms with Gasteiger partial charge < -0.3 is 15.5 Å². The Kier molecular flexibility index (Phi) is 7.09. The van der Waals surface area contributed by atoms with E-state index >= 15 is 0 Å². The number of carbonyl (C=O) groups is 1. The average Bonchev–Trinajstić information content (AvgIpc) is 2.45. The molecule has 0 spiro atoms.